The van der Waals surface area contributed by atoms with Crippen molar-refractivity contribution in [2.24, 2.45) is 5.73 Å². The third kappa shape index (κ3) is 5.98. The van der Waals surface area contributed by atoms with E-state index < -0.39 is 5.91 Å². The van der Waals surface area contributed by atoms with Crippen molar-refractivity contribution in [2.45, 2.75) is 6.61 Å². The molecule has 19 heavy (non-hydrogen) atoms. The summed E-state index contributed by atoms with van der Waals surface area (Å²) in [4.78, 5) is 19.0. The number of carbonyl (C=O) groups is 1. The maximum atomic E-state index is 10.5. The molecular formula is C11H19N5O3. The second-order valence-electron chi connectivity index (χ2n) is 3.68. The molecule has 0 atom stereocenters. The summed E-state index contributed by atoms with van der Waals surface area (Å²) in [6, 6.07) is 1.77. The number of ether oxygens (including phenoxy) is 2. The van der Waals surface area contributed by atoms with Crippen LogP contribution >= 0.6 is 0 Å². The number of hydrogen-bond donors (Lipinski definition) is 3. The van der Waals surface area contributed by atoms with Crippen LogP contribution in [0.3, 0.4) is 0 Å². The molecule has 0 fully saturated rings. The van der Waals surface area contributed by atoms with Crippen LogP contribution in [0.1, 0.15) is 5.82 Å². The van der Waals surface area contributed by atoms with Gasteiger partial charge in [0.25, 0.3) is 0 Å². The van der Waals surface area contributed by atoms with Crippen molar-refractivity contribution in [3.63, 3.8) is 0 Å². The molecule has 0 unspecified atom stereocenters. The Hall–Kier alpha value is -1.93. The molecule has 106 valence electrons. The van der Waals surface area contributed by atoms with E-state index in [1.165, 1.54) is 0 Å². The summed E-state index contributed by atoms with van der Waals surface area (Å²) in [5.74, 6) is 1.45. The Bertz CT molecular complexity index is 413. The number of nitrogens with two attached hydrogens (primary N) is 1. The van der Waals surface area contributed by atoms with Gasteiger partial charge < -0.3 is 25.8 Å². The maximum absolute atomic E-state index is 10.5. The van der Waals surface area contributed by atoms with Crippen LogP contribution in [0.2, 0.25) is 0 Å². The van der Waals surface area contributed by atoms with Gasteiger partial charge in [0.05, 0.1) is 6.61 Å². The molecular weight excluding hydrogens is 250 g/mol. The summed E-state index contributed by atoms with van der Waals surface area (Å²) < 4.78 is 10.0. The molecule has 4 N–H and O–H groups in total. The zero-order chi connectivity index (χ0) is 14.1. The first-order valence-corrected chi connectivity index (χ1v) is 5.80. The van der Waals surface area contributed by atoms with Gasteiger partial charge in [0, 0.05) is 26.8 Å². The minimum absolute atomic E-state index is 0.0812. The van der Waals surface area contributed by atoms with Crippen molar-refractivity contribution in [1.82, 2.24) is 9.97 Å². The predicted molar refractivity (Wildman–Crippen MR) is 70.8 cm³/mol. The van der Waals surface area contributed by atoms with E-state index in [4.69, 9.17) is 15.2 Å². The molecule has 1 aromatic heterocycles. The van der Waals surface area contributed by atoms with Crippen LogP contribution in [0, 0.1) is 0 Å². The SMILES string of the molecule is CNc1cc(NCCOCC(N)=O)nc(COC)n1. The van der Waals surface area contributed by atoms with E-state index in [1.54, 1.807) is 20.2 Å². The Kier molecular flexibility index (Phi) is 6.55. The minimum atomic E-state index is -0.484. The molecule has 0 radical (unpaired) electrons. The zero-order valence-electron chi connectivity index (χ0n) is 11.1. The molecule has 0 aliphatic heterocycles. The number of methoxy groups -OCH3 is 1. The second kappa shape index (κ2) is 8.22. The third-order valence-corrected chi connectivity index (χ3v) is 2.10. The summed E-state index contributed by atoms with van der Waals surface area (Å²) in [7, 11) is 3.36. The highest BCUT2D eigenvalue weighted by atomic mass is 16.5. The van der Waals surface area contributed by atoms with Crippen molar-refractivity contribution in [1.29, 1.82) is 0 Å². The second-order valence-corrected chi connectivity index (χ2v) is 3.68. The largest absolute Gasteiger partial charge is 0.377 e. The molecule has 0 aromatic carbocycles. The highest BCUT2D eigenvalue weighted by molar-refractivity contribution is 5.74. The molecule has 0 bridgehead atoms. The van der Waals surface area contributed by atoms with Gasteiger partial charge in [-0.25, -0.2) is 9.97 Å². The van der Waals surface area contributed by atoms with Gasteiger partial charge in [-0.2, -0.15) is 0 Å². The number of nitrogens with zero attached hydrogens (tertiary/aromatic N) is 2. The number of carbonyl (C=O) groups excluding carboxylic acids is 1. The van der Waals surface area contributed by atoms with Crippen molar-refractivity contribution >= 4 is 17.5 Å². The lowest BCUT2D eigenvalue weighted by Gasteiger charge is -2.09. The van der Waals surface area contributed by atoms with E-state index in [0.29, 0.717) is 37.2 Å². The summed E-state index contributed by atoms with van der Waals surface area (Å²) in [6.45, 7) is 1.13. The summed E-state index contributed by atoms with van der Waals surface area (Å²) in [6.07, 6.45) is 0. The van der Waals surface area contributed by atoms with Gasteiger partial charge in [-0.05, 0) is 0 Å². The average molecular weight is 269 g/mol. The first-order valence-electron chi connectivity index (χ1n) is 5.80. The Balaban J connectivity index is 2.47. The van der Waals surface area contributed by atoms with Crippen LogP contribution in [-0.4, -0.2) is 49.8 Å². The maximum Gasteiger partial charge on any atom is 0.243 e. The highest BCUT2D eigenvalue weighted by Crippen LogP contribution is 2.11. The lowest BCUT2D eigenvalue weighted by molar-refractivity contribution is -0.122. The van der Waals surface area contributed by atoms with Crippen LogP contribution in [0.15, 0.2) is 6.07 Å². The number of hydrogen-bond acceptors (Lipinski definition) is 7. The fourth-order valence-corrected chi connectivity index (χ4v) is 1.33. The lowest BCUT2D eigenvalue weighted by atomic mass is 10.4. The lowest BCUT2D eigenvalue weighted by Crippen LogP contribution is -2.20. The molecule has 0 saturated heterocycles. The third-order valence-electron chi connectivity index (χ3n) is 2.10. The van der Waals surface area contributed by atoms with E-state index in [0.717, 1.165) is 0 Å². The minimum Gasteiger partial charge on any atom is -0.377 e. The molecule has 1 rings (SSSR count). The molecule has 1 aromatic rings. The van der Waals surface area contributed by atoms with Gasteiger partial charge in [-0.3, -0.25) is 4.79 Å². The van der Waals surface area contributed by atoms with Crippen LogP contribution in [0.4, 0.5) is 11.6 Å². The molecule has 0 saturated carbocycles. The fourth-order valence-electron chi connectivity index (χ4n) is 1.33. The molecule has 0 aliphatic rings. The van der Waals surface area contributed by atoms with Gasteiger partial charge in [-0.15, -0.1) is 0 Å². The van der Waals surface area contributed by atoms with E-state index in [-0.39, 0.29) is 6.61 Å². The van der Waals surface area contributed by atoms with Crippen LogP contribution < -0.4 is 16.4 Å². The van der Waals surface area contributed by atoms with Crippen molar-refractivity contribution in [3.8, 4) is 0 Å². The number of aromatic nitrogens is 2. The quantitative estimate of drug-likeness (QED) is 0.522. The number of nitrogens with one attached hydrogen (secondary N) is 2. The normalized spacial score (nSPS) is 10.2. The first-order chi connectivity index (χ1) is 9.15. The fraction of sp³-hybridized carbons (Fsp3) is 0.545. The highest BCUT2D eigenvalue weighted by Gasteiger charge is 2.03. The predicted octanol–water partition coefficient (Wildman–Crippen LogP) is -0.421. The van der Waals surface area contributed by atoms with E-state index in [2.05, 4.69) is 20.6 Å². The average Bonchev–Trinajstić information content (AvgIpc) is 2.38. The molecule has 1 amide bonds. The molecule has 1 heterocycles. The Morgan fingerprint density at radius 2 is 2.16 bits per heavy atom. The van der Waals surface area contributed by atoms with Gasteiger partial charge in [0.15, 0.2) is 5.82 Å². The van der Waals surface area contributed by atoms with Gasteiger partial charge in [0.2, 0.25) is 5.91 Å². The summed E-state index contributed by atoms with van der Waals surface area (Å²) >= 11 is 0. The smallest absolute Gasteiger partial charge is 0.243 e. The van der Waals surface area contributed by atoms with Gasteiger partial charge >= 0.3 is 0 Å². The van der Waals surface area contributed by atoms with Crippen LogP contribution in [0.25, 0.3) is 0 Å². The van der Waals surface area contributed by atoms with Crippen LogP contribution in [-0.2, 0) is 20.9 Å². The number of rotatable bonds is 9. The Labute approximate surface area is 111 Å². The first kappa shape index (κ1) is 15.1. The van der Waals surface area contributed by atoms with Gasteiger partial charge in [0.1, 0.15) is 24.8 Å². The van der Waals surface area contributed by atoms with E-state index in [1.807, 2.05) is 0 Å². The Morgan fingerprint density at radius 3 is 2.79 bits per heavy atom. The standard InChI is InChI=1S/C11H19N5O3/c1-13-9-5-10(16-11(15-9)7-18-2)14-3-4-19-6-8(12)17/h5H,3-4,6-7H2,1-2H3,(H2,12,17)(H2,13,14,15,16). The summed E-state index contributed by atoms with van der Waals surface area (Å²) in [5.41, 5.74) is 4.95. The van der Waals surface area contributed by atoms with Crippen molar-refractivity contribution < 1.29 is 14.3 Å². The van der Waals surface area contributed by atoms with Crippen molar-refractivity contribution in [3.05, 3.63) is 11.9 Å². The van der Waals surface area contributed by atoms with Crippen molar-refractivity contribution in [2.75, 3.05) is 44.5 Å². The van der Waals surface area contributed by atoms with Gasteiger partial charge in [-0.1, -0.05) is 0 Å². The van der Waals surface area contributed by atoms with Crippen LogP contribution in [0.5, 0.6) is 0 Å². The zero-order valence-corrected chi connectivity index (χ0v) is 11.1. The monoisotopic (exact) mass is 269 g/mol. The number of primary amides is 1. The number of anilines is 2. The summed E-state index contributed by atoms with van der Waals surface area (Å²) in [5, 5.41) is 6.01. The molecule has 8 nitrogen and oxygen atoms in total. The Morgan fingerprint density at radius 1 is 1.42 bits per heavy atom. The number of amides is 1. The topological polar surface area (TPSA) is 111 Å². The van der Waals surface area contributed by atoms with E-state index >= 15 is 0 Å². The molecule has 8 heteroatoms. The molecule has 0 aliphatic carbocycles. The van der Waals surface area contributed by atoms with E-state index in [9.17, 15) is 4.79 Å². The molecule has 0 spiro atoms.